The predicted molar refractivity (Wildman–Crippen MR) is 129 cm³/mol. The first kappa shape index (κ1) is 24.2. The lowest BCUT2D eigenvalue weighted by atomic mass is 10.1. The minimum Gasteiger partial charge on any atom is -0.494 e. The second-order valence-electron chi connectivity index (χ2n) is 7.10. The van der Waals surface area contributed by atoms with Crippen LogP contribution in [0.3, 0.4) is 0 Å². The Labute approximate surface area is 201 Å². The maximum absolute atomic E-state index is 12.9. The van der Waals surface area contributed by atoms with Crippen molar-refractivity contribution in [3.05, 3.63) is 79.1 Å². The van der Waals surface area contributed by atoms with Crippen LogP contribution in [0.25, 0.3) is 0 Å². The number of hydrogen-bond acceptors (Lipinski definition) is 6. The van der Waals surface area contributed by atoms with E-state index in [1.54, 1.807) is 44.4 Å². The Morgan fingerprint density at radius 1 is 1.15 bits per heavy atom. The molecular weight excluding hydrogens is 465 g/mol. The zero-order valence-electron chi connectivity index (χ0n) is 18.2. The average molecular weight is 486 g/mol. The molecule has 0 aliphatic rings. The van der Waals surface area contributed by atoms with Gasteiger partial charge in [0, 0.05) is 17.8 Å². The molecule has 33 heavy (non-hydrogen) atoms. The van der Waals surface area contributed by atoms with Crippen molar-refractivity contribution >= 4 is 35.1 Å². The number of nitrogens with zero attached hydrogens (tertiary/aromatic N) is 3. The molecule has 0 saturated heterocycles. The molecule has 0 saturated carbocycles. The monoisotopic (exact) mass is 485 g/mol. The van der Waals surface area contributed by atoms with Gasteiger partial charge in [-0.1, -0.05) is 29.3 Å². The summed E-state index contributed by atoms with van der Waals surface area (Å²) in [6, 6.07) is 12.2. The normalized spacial score (nSPS) is 10.9. The molecule has 0 fully saturated rings. The maximum Gasteiger partial charge on any atom is 0.271 e. The summed E-state index contributed by atoms with van der Waals surface area (Å²) in [5.74, 6) is 0.856. The van der Waals surface area contributed by atoms with Gasteiger partial charge in [0.15, 0.2) is 11.5 Å². The molecule has 0 radical (unpaired) electrons. The van der Waals surface area contributed by atoms with Gasteiger partial charge in [0.05, 0.1) is 30.5 Å². The molecule has 0 aliphatic heterocycles. The van der Waals surface area contributed by atoms with Gasteiger partial charge < -0.3 is 14.6 Å². The number of aromatic nitrogens is 1. The number of rotatable bonds is 7. The summed E-state index contributed by atoms with van der Waals surface area (Å²) in [6.45, 7) is 1.72. The molecule has 1 aromatic heterocycles. The fourth-order valence-electron chi connectivity index (χ4n) is 3.33. The number of aryl methyl sites for hydroxylation is 1. The van der Waals surface area contributed by atoms with Crippen molar-refractivity contribution in [1.82, 2.24) is 4.57 Å². The van der Waals surface area contributed by atoms with Crippen LogP contribution < -0.4 is 15.0 Å². The van der Waals surface area contributed by atoms with Crippen molar-refractivity contribution in [2.45, 2.75) is 19.9 Å². The van der Waals surface area contributed by atoms with Crippen LogP contribution in [0, 0.1) is 18.3 Å². The number of aliphatic imine (C=N–C) groups is 1. The Balaban J connectivity index is 2.00. The Kier molecular flexibility index (Phi) is 7.64. The van der Waals surface area contributed by atoms with Crippen LogP contribution in [0.2, 0.25) is 10.0 Å². The Morgan fingerprint density at radius 2 is 1.88 bits per heavy atom. The molecule has 3 rings (SSSR count). The number of methoxy groups -OCH3 is 2. The van der Waals surface area contributed by atoms with E-state index in [9.17, 15) is 15.2 Å². The van der Waals surface area contributed by atoms with Gasteiger partial charge in [-0.25, -0.2) is 0 Å². The molecule has 0 atom stereocenters. The number of halogens is 2. The molecule has 2 aromatic carbocycles. The summed E-state index contributed by atoms with van der Waals surface area (Å²) in [5, 5.41) is 21.2. The fourth-order valence-corrected chi connectivity index (χ4v) is 3.79. The van der Waals surface area contributed by atoms with E-state index in [2.05, 4.69) is 4.99 Å². The van der Waals surface area contributed by atoms with Crippen molar-refractivity contribution in [2.24, 2.45) is 4.99 Å². The number of nitriles is 1. The van der Waals surface area contributed by atoms with E-state index in [4.69, 9.17) is 32.7 Å². The molecule has 0 amide bonds. The lowest BCUT2D eigenvalue weighted by molar-refractivity contribution is 0.354. The highest BCUT2D eigenvalue weighted by Gasteiger charge is 2.18. The van der Waals surface area contributed by atoms with Crippen LogP contribution in [0.1, 0.15) is 22.3 Å². The number of pyridine rings is 1. The molecule has 1 N–H and O–H groups in total. The highest BCUT2D eigenvalue weighted by molar-refractivity contribution is 6.36. The second-order valence-corrected chi connectivity index (χ2v) is 7.94. The van der Waals surface area contributed by atoms with Gasteiger partial charge >= 0.3 is 0 Å². The predicted octanol–water partition coefficient (Wildman–Crippen LogP) is 5.05. The van der Waals surface area contributed by atoms with Crippen molar-refractivity contribution in [3.8, 4) is 23.4 Å². The van der Waals surface area contributed by atoms with E-state index >= 15 is 0 Å². The lowest BCUT2D eigenvalue weighted by Crippen LogP contribution is -2.26. The molecule has 9 heteroatoms. The van der Waals surface area contributed by atoms with E-state index in [1.165, 1.54) is 13.3 Å². The third-order valence-electron chi connectivity index (χ3n) is 5.16. The van der Waals surface area contributed by atoms with Crippen molar-refractivity contribution in [2.75, 3.05) is 14.2 Å². The molecule has 170 valence electrons. The SMILES string of the molecule is COc1ccc(CCn2c(O)c(C=Nc3ccc(Cl)cc3Cl)c(C)c(C#N)c2=O)cc1OC. The van der Waals surface area contributed by atoms with E-state index < -0.39 is 5.56 Å². The summed E-state index contributed by atoms with van der Waals surface area (Å²) in [6.07, 6.45) is 1.79. The third-order valence-corrected chi connectivity index (χ3v) is 5.70. The molecule has 0 bridgehead atoms. The Bertz CT molecular complexity index is 1330. The van der Waals surface area contributed by atoms with Crippen molar-refractivity contribution < 1.29 is 14.6 Å². The smallest absolute Gasteiger partial charge is 0.271 e. The topological polar surface area (TPSA) is 96.8 Å². The zero-order valence-corrected chi connectivity index (χ0v) is 19.7. The van der Waals surface area contributed by atoms with E-state index in [-0.39, 0.29) is 23.6 Å². The van der Waals surface area contributed by atoms with Crippen molar-refractivity contribution in [3.63, 3.8) is 0 Å². The molecule has 0 spiro atoms. The molecule has 0 aliphatic carbocycles. The molecule has 1 heterocycles. The first-order valence-corrected chi connectivity index (χ1v) is 10.6. The number of ether oxygens (including phenoxy) is 2. The maximum atomic E-state index is 12.9. The van der Waals surface area contributed by atoms with Gasteiger partial charge in [-0.05, 0) is 54.8 Å². The van der Waals surface area contributed by atoms with Crippen LogP contribution >= 0.6 is 23.2 Å². The Hall–Kier alpha value is -3.47. The van der Waals surface area contributed by atoms with Crippen molar-refractivity contribution in [1.29, 1.82) is 5.26 Å². The molecular formula is C24H21Cl2N3O4. The van der Waals surface area contributed by atoms with E-state index in [0.717, 1.165) is 10.1 Å². The van der Waals surface area contributed by atoms with Crippen LogP contribution in [-0.2, 0) is 13.0 Å². The standard InChI is InChI=1S/C24H21Cl2N3O4/c1-14-17(12-27)23(30)29(9-8-15-4-7-21(32-2)22(10-15)33-3)24(31)18(14)13-28-20-6-5-16(25)11-19(20)26/h4-7,10-11,13,31H,8-9H2,1-3H3. The molecule has 0 unspecified atom stereocenters. The molecule has 7 nitrogen and oxygen atoms in total. The number of aromatic hydroxyl groups is 1. The van der Waals surface area contributed by atoms with Gasteiger partial charge in [0.2, 0.25) is 5.88 Å². The van der Waals surface area contributed by atoms with Crippen LogP contribution in [0.4, 0.5) is 5.69 Å². The van der Waals surface area contributed by atoms with Crippen LogP contribution in [0.5, 0.6) is 17.4 Å². The van der Waals surface area contributed by atoms with Gasteiger partial charge in [0.1, 0.15) is 11.6 Å². The van der Waals surface area contributed by atoms with E-state index in [0.29, 0.717) is 39.2 Å². The second kappa shape index (κ2) is 10.4. The average Bonchev–Trinajstić information content (AvgIpc) is 2.80. The summed E-state index contributed by atoms with van der Waals surface area (Å²) in [7, 11) is 3.08. The van der Waals surface area contributed by atoms with Gasteiger partial charge in [-0.3, -0.25) is 14.4 Å². The third kappa shape index (κ3) is 5.14. The Morgan fingerprint density at radius 3 is 2.52 bits per heavy atom. The fraction of sp³-hybridized carbons (Fsp3) is 0.208. The first-order valence-electron chi connectivity index (χ1n) is 9.87. The summed E-state index contributed by atoms with van der Waals surface area (Å²) < 4.78 is 11.7. The first-order chi connectivity index (χ1) is 15.8. The highest BCUT2D eigenvalue weighted by Crippen LogP contribution is 2.30. The summed E-state index contributed by atoms with van der Waals surface area (Å²) in [4.78, 5) is 17.2. The lowest BCUT2D eigenvalue weighted by Gasteiger charge is -2.15. The van der Waals surface area contributed by atoms with E-state index in [1.807, 2.05) is 12.1 Å². The zero-order chi connectivity index (χ0) is 24.1. The highest BCUT2D eigenvalue weighted by atomic mass is 35.5. The largest absolute Gasteiger partial charge is 0.494 e. The van der Waals surface area contributed by atoms with Crippen LogP contribution in [0.15, 0.2) is 46.2 Å². The minimum absolute atomic E-state index is 0.0660. The van der Waals surface area contributed by atoms with Gasteiger partial charge in [-0.2, -0.15) is 5.26 Å². The summed E-state index contributed by atoms with van der Waals surface area (Å²) >= 11 is 12.1. The number of benzene rings is 2. The van der Waals surface area contributed by atoms with Crippen LogP contribution in [-0.4, -0.2) is 30.1 Å². The quantitative estimate of drug-likeness (QED) is 0.472. The van der Waals surface area contributed by atoms with Gasteiger partial charge in [0.25, 0.3) is 5.56 Å². The summed E-state index contributed by atoms with van der Waals surface area (Å²) in [5.41, 5.74) is 1.24. The van der Waals surface area contributed by atoms with Gasteiger partial charge in [-0.15, -0.1) is 0 Å². The molecule has 3 aromatic rings. The minimum atomic E-state index is -0.574. The number of hydrogen-bond donors (Lipinski definition) is 1.